The van der Waals surface area contributed by atoms with Crippen LogP contribution in [0, 0.1) is 0 Å². The minimum absolute atomic E-state index is 0.171. The van der Waals surface area contributed by atoms with Gasteiger partial charge in [-0.2, -0.15) is 5.10 Å². The van der Waals surface area contributed by atoms with Crippen LogP contribution >= 0.6 is 0 Å². The van der Waals surface area contributed by atoms with Crippen molar-refractivity contribution < 1.29 is 4.79 Å². The van der Waals surface area contributed by atoms with Crippen LogP contribution in [0.15, 0.2) is 10.9 Å². The lowest BCUT2D eigenvalue weighted by Gasteiger charge is -2.18. The van der Waals surface area contributed by atoms with Crippen molar-refractivity contribution in [2.24, 2.45) is 7.05 Å². The fourth-order valence-corrected chi connectivity index (χ4v) is 1.23. The second kappa shape index (κ2) is 3.61. The number of Topliss-reactive ketones (excluding diaryl/α,β-unsaturated/α-hetero) is 1. The van der Waals surface area contributed by atoms with Crippen molar-refractivity contribution in [1.29, 1.82) is 0 Å². The molecule has 0 aliphatic heterocycles. The van der Waals surface area contributed by atoms with E-state index in [1.165, 1.54) is 11.6 Å². The Bertz CT molecular complexity index is 453. The number of hydrogen-bond donors (Lipinski definition) is 0. The predicted octanol–water partition coefficient (Wildman–Crippen LogP) is 1.28. The lowest BCUT2D eigenvalue weighted by molar-refractivity contribution is 0.101. The van der Waals surface area contributed by atoms with Gasteiger partial charge in [0.05, 0.1) is 11.3 Å². The molecule has 1 heterocycles. The van der Waals surface area contributed by atoms with E-state index in [2.05, 4.69) is 5.10 Å². The standard InChI is InChI=1S/C11H16N2O2/c1-7(14)8-6-9(11(2,3)4)12-13(5)10(8)15/h6H,1-5H3. The molecule has 0 aliphatic carbocycles. The Hall–Kier alpha value is -1.45. The molecular formula is C11H16N2O2. The van der Waals surface area contributed by atoms with Crippen molar-refractivity contribution in [1.82, 2.24) is 9.78 Å². The van der Waals surface area contributed by atoms with Gasteiger partial charge in [-0.15, -0.1) is 0 Å². The van der Waals surface area contributed by atoms with E-state index < -0.39 is 0 Å². The number of carbonyl (C=O) groups is 1. The van der Waals surface area contributed by atoms with Gasteiger partial charge in [-0.05, 0) is 13.0 Å². The molecular weight excluding hydrogens is 192 g/mol. The Kier molecular flexibility index (Phi) is 2.79. The van der Waals surface area contributed by atoms with Crippen LogP contribution in [0.5, 0.6) is 0 Å². The number of hydrogen-bond acceptors (Lipinski definition) is 3. The Balaban J connectivity index is 3.50. The zero-order valence-corrected chi connectivity index (χ0v) is 9.79. The average Bonchev–Trinajstić information content (AvgIpc) is 2.06. The molecule has 0 fully saturated rings. The molecule has 0 spiro atoms. The third-order valence-electron chi connectivity index (χ3n) is 2.21. The highest BCUT2D eigenvalue weighted by molar-refractivity contribution is 5.93. The SMILES string of the molecule is CC(=O)c1cc(C(C)(C)C)nn(C)c1=O. The first-order valence-corrected chi connectivity index (χ1v) is 4.83. The second-order valence-corrected chi connectivity index (χ2v) is 4.68. The van der Waals surface area contributed by atoms with E-state index in [-0.39, 0.29) is 22.3 Å². The topological polar surface area (TPSA) is 52.0 Å². The third-order valence-corrected chi connectivity index (χ3v) is 2.21. The molecule has 4 nitrogen and oxygen atoms in total. The number of rotatable bonds is 1. The summed E-state index contributed by atoms with van der Waals surface area (Å²) in [7, 11) is 1.56. The summed E-state index contributed by atoms with van der Waals surface area (Å²) in [4.78, 5) is 22.8. The highest BCUT2D eigenvalue weighted by Crippen LogP contribution is 2.19. The third kappa shape index (κ3) is 2.32. The lowest BCUT2D eigenvalue weighted by atomic mass is 9.91. The molecule has 0 N–H and O–H groups in total. The van der Waals surface area contributed by atoms with E-state index in [0.717, 1.165) is 5.69 Å². The molecule has 0 radical (unpaired) electrons. The summed E-state index contributed by atoms with van der Waals surface area (Å²) in [6, 6.07) is 1.59. The quantitative estimate of drug-likeness (QED) is 0.653. The van der Waals surface area contributed by atoms with Crippen LogP contribution in [0.2, 0.25) is 0 Å². The molecule has 0 saturated heterocycles. The van der Waals surface area contributed by atoms with E-state index in [4.69, 9.17) is 0 Å². The second-order valence-electron chi connectivity index (χ2n) is 4.68. The Morgan fingerprint density at radius 2 is 1.93 bits per heavy atom. The van der Waals surface area contributed by atoms with Crippen molar-refractivity contribution in [2.75, 3.05) is 0 Å². The maximum absolute atomic E-state index is 11.6. The van der Waals surface area contributed by atoms with E-state index in [9.17, 15) is 9.59 Å². The summed E-state index contributed by atoms with van der Waals surface area (Å²) in [5.74, 6) is -0.219. The predicted molar refractivity (Wildman–Crippen MR) is 58.2 cm³/mol. The molecule has 0 bridgehead atoms. The van der Waals surface area contributed by atoms with Crippen LogP contribution in [0.1, 0.15) is 43.7 Å². The Labute approximate surface area is 88.9 Å². The molecule has 1 rings (SSSR count). The van der Waals surface area contributed by atoms with Crippen LogP contribution < -0.4 is 5.56 Å². The monoisotopic (exact) mass is 208 g/mol. The van der Waals surface area contributed by atoms with Crippen LogP contribution in [0.3, 0.4) is 0 Å². The molecule has 1 aromatic heterocycles. The van der Waals surface area contributed by atoms with Gasteiger partial charge >= 0.3 is 0 Å². The molecule has 0 amide bonds. The van der Waals surface area contributed by atoms with Gasteiger partial charge in [0.25, 0.3) is 5.56 Å². The van der Waals surface area contributed by atoms with E-state index in [1.807, 2.05) is 20.8 Å². The molecule has 1 aromatic rings. The molecule has 4 heteroatoms. The van der Waals surface area contributed by atoms with Gasteiger partial charge in [0.2, 0.25) is 0 Å². The number of aryl methyl sites for hydroxylation is 1. The van der Waals surface area contributed by atoms with E-state index in [0.29, 0.717) is 0 Å². The van der Waals surface area contributed by atoms with Crippen molar-refractivity contribution in [3.63, 3.8) is 0 Å². The molecule has 0 aromatic carbocycles. The van der Waals surface area contributed by atoms with Gasteiger partial charge in [0.1, 0.15) is 0 Å². The summed E-state index contributed by atoms with van der Waals surface area (Å²) < 4.78 is 1.22. The van der Waals surface area contributed by atoms with E-state index in [1.54, 1.807) is 13.1 Å². The number of ketones is 1. The summed E-state index contributed by atoms with van der Waals surface area (Å²) in [6.45, 7) is 7.36. The Morgan fingerprint density at radius 1 is 1.40 bits per heavy atom. The smallest absolute Gasteiger partial charge is 0.277 e. The highest BCUT2D eigenvalue weighted by Gasteiger charge is 2.19. The normalized spacial score (nSPS) is 11.5. The van der Waals surface area contributed by atoms with Gasteiger partial charge in [0.15, 0.2) is 5.78 Å². The van der Waals surface area contributed by atoms with Crippen molar-refractivity contribution in [3.8, 4) is 0 Å². The molecule has 82 valence electrons. The van der Waals surface area contributed by atoms with Gasteiger partial charge in [-0.1, -0.05) is 20.8 Å². The first-order chi connectivity index (χ1) is 6.73. The molecule has 0 unspecified atom stereocenters. The van der Waals surface area contributed by atoms with E-state index >= 15 is 0 Å². The van der Waals surface area contributed by atoms with Crippen LogP contribution in [0.4, 0.5) is 0 Å². The molecule has 0 aliphatic rings. The molecule has 15 heavy (non-hydrogen) atoms. The fourth-order valence-electron chi connectivity index (χ4n) is 1.23. The van der Waals surface area contributed by atoms with Gasteiger partial charge in [0, 0.05) is 12.5 Å². The average molecular weight is 208 g/mol. The highest BCUT2D eigenvalue weighted by atomic mass is 16.1. The van der Waals surface area contributed by atoms with Crippen LogP contribution in [-0.2, 0) is 12.5 Å². The van der Waals surface area contributed by atoms with Crippen molar-refractivity contribution in [3.05, 3.63) is 27.7 Å². The number of aromatic nitrogens is 2. The maximum Gasteiger partial charge on any atom is 0.277 e. The molecule has 0 atom stereocenters. The van der Waals surface area contributed by atoms with Crippen LogP contribution in [0.25, 0.3) is 0 Å². The van der Waals surface area contributed by atoms with Gasteiger partial charge in [-0.25, -0.2) is 4.68 Å². The Morgan fingerprint density at radius 3 is 2.33 bits per heavy atom. The zero-order valence-electron chi connectivity index (χ0n) is 9.79. The van der Waals surface area contributed by atoms with Gasteiger partial charge in [-0.3, -0.25) is 9.59 Å². The fraction of sp³-hybridized carbons (Fsp3) is 0.545. The summed E-state index contributed by atoms with van der Waals surface area (Å²) in [5, 5.41) is 4.14. The number of carbonyl (C=O) groups excluding carboxylic acids is 1. The van der Waals surface area contributed by atoms with Crippen LogP contribution in [-0.4, -0.2) is 15.6 Å². The zero-order chi connectivity index (χ0) is 11.8. The first-order valence-electron chi connectivity index (χ1n) is 4.83. The van der Waals surface area contributed by atoms with Crippen molar-refractivity contribution >= 4 is 5.78 Å². The van der Waals surface area contributed by atoms with Crippen molar-refractivity contribution in [2.45, 2.75) is 33.1 Å². The summed E-state index contributed by atoms with van der Waals surface area (Å²) in [6.07, 6.45) is 0. The minimum atomic E-state index is -0.337. The first kappa shape index (κ1) is 11.6. The summed E-state index contributed by atoms with van der Waals surface area (Å²) in [5.41, 5.74) is 0.443. The molecule has 0 saturated carbocycles. The largest absolute Gasteiger partial charge is 0.294 e. The lowest BCUT2D eigenvalue weighted by Crippen LogP contribution is -2.29. The maximum atomic E-state index is 11.6. The minimum Gasteiger partial charge on any atom is -0.294 e. The number of nitrogens with zero attached hydrogens (tertiary/aromatic N) is 2. The van der Waals surface area contributed by atoms with Gasteiger partial charge < -0.3 is 0 Å². The summed E-state index contributed by atoms with van der Waals surface area (Å²) >= 11 is 0.